The maximum absolute atomic E-state index is 11.0. The molecule has 0 aliphatic heterocycles. The van der Waals surface area contributed by atoms with Gasteiger partial charge < -0.3 is 14.9 Å². The molecule has 0 saturated carbocycles. The Morgan fingerprint density at radius 3 is 2.70 bits per heavy atom. The van der Waals surface area contributed by atoms with Crippen molar-refractivity contribution in [1.82, 2.24) is 0 Å². The van der Waals surface area contributed by atoms with Gasteiger partial charge in [0.05, 0.1) is 19.4 Å². The Kier molecular flexibility index (Phi) is 6.61. The van der Waals surface area contributed by atoms with Gasteiger partial charge in [-0.25, -0.2) is 5.84 Å². The lowest BCUT2D eigenvalue weighted by molar-refractivity contribution is -0.140. The summed E-state index contributed by atoms with van der Waals surface area (Å²) in [5.74, 6) is 5.62. The van der Waals surface area contributed by atoms with E-state index in [0.717, 1.165) is 0 Å². The fourth-order valence-electron chi connectivity index (χ4n) is 1.79. The number of aliphatic hydroxyl groups is 1. The first-order valence-electron chi connectivity index (χ1n) is 6.22. The van der Waals surface area contributed by atoms with Crippen LogP contribution >= 0.6 is 0 Å². The van der Waals surface area contributed by atoms with E-state index in [1.807, 2.05) is 0 Å². The molecule has 0 aliphatic rings. The van der Waals surface area contributed by atoms with Crippen LogP contribution in [0.1, 0.15) is 24.0 Å². The predicted octanol–water partition coefficient (Wildman–Crippen LogP) is 1.08. The molecule has 1 rings (SSSR count). The van der Waals surface area contributed by atoms with Gasteiger partial charge in [0.15, 0.2) is 0 Å². The van der Waals surface area contributed by atoms with E-state index >= 15 is 0 Å². The van der Waals surface area contributed by atoms with Crippen molar-refractivity contribution in [3.63, 3.8) is 0 Å². The van der Waals surface area contributed by atoms with Gasteiger partial charge in [-0.3, -0.25) is 4.79 Å². The van der Waals surface area contributed by atoms with Gasteiger partial charge in [-0.15, -0.1) is 0 Å². The molecule has 1 aromatic rings. The quantitative estimate of drug-likeness (QED) is 0.320. The summed E-state index contributed by atoms with van der Waals surface area (Å²) in [5.41, 5.74) is 2.01. The van der Waals surface area contributed by atoms with Gasteiger partial charge >= 0.3 is 5.97 Å². The number of benzene rings is 1. The molecule has 0 fully saturated rings. The molecule has 0 heterocycles. The largest absolute Gasteiger partial charge is 0.469 e. The van der Waals surface area contributed by atoms with E-state index in [9.17, 15) is 14.8 Å². The zero-order valence-electron chi connectivity index (χ0n) is 11.4. The number of nitroso groups, excluding NO2 is 1. The monoisotopic (exact) mass is 281 g/mol. The number of hydrazine groups is 1. The van der Waals surface area contributed by atoms with Crippen molar-refractivity contribution in [3.8, 4) is 0 Å². The van der Waals surface area contributed by atoms with E-state index < -0.39 is 0 Å². The maximum atomic E-state index is 11.0. The molecule has 0 aromatic heterocycles. The maximum Gasteiger partial charge on any atom is 0.305 e. The van der Waals surface area contributed by atoms with Crippen LogP contribution in [0.3, 0.4) is 0 Å². The van der Waals surface area contributed by atoms with Crippen LogP contribution in [-0.4, -0.2) is 24.7 Å². The van der Waals surface area contributed by atoms with Crippen LogP contribution in [-0.2, 0) is 22.7 Å². The minimum atomic E-state index is -0.284. The van der Waals surface area contributed by atoms with E-state index in [1.165, 1.54) is 12.1 Å². The smallest absolute Gasteiger partial charge is 0.305 e. The van der Waals surface area contributed by atoms with Crippen molar-refractivity contribution in [1.29, 1.82) is 0 Å². The molecule has 0 spiro atoms. The zero-order valence-corrected chi connectivity index (χ0v) is 11.4. The highest BCUT2D eigenvalue weighted by molar-refractivity contribution is 5.69. The van der Waals surface area contributed by atoms with Gasteiger partial charge in [0.25, 0.3) is 0 Å². The summed E-state index contributed by atoms with van der Waals surface area (Å²) in [6, 6.07) is 5.17. The Labute approximate surface area is 117 Å². The number of aliphatic hydroxyl groups excluding tert-OH is 1. The fraction of sp³-hybridized carbons (Fsp3) is 0.462. The number of esters is 1. The minimum Gasteiger partial charge on any atom is -0.469 e. The second kappa shape index (κ2) is 8.23. The highest BCUT2D eigenvalue weighted by Gasteiger charge is 2.07. The molecule has 7 nitrogen and oxygen atoms in total. The lowest BCUT2D eigenvalue weighted by Crippen LogP contribution is -2.32. The van der Waals surface area contributed by atoms with Gasteiger partial charge in [-0.2, -0.15) is 4.91 Å². The Hall–Kier alpha value is -1.99. The molecule has 0 unspecified atom stereocenters. The summed E-state index contributed by atoms with van der Waals surface area (Å²) >= 11 is 0. The summed E-state index contributed by atoms with van der Waals surface area (Å²) < 4.78 is 4.55. The first kappa shape index (κ1) is 16.1. The lowest BCUT2D eigenvalue weighted by atomic mass is 10.1. The third-order valence-electron chi connectivity index (χ3n) is 2.81. The topological polar surface area (TPSA) is 105 Å². The highest BCUT2D eigenvalue weighted by Crippen LogP contribution is 2.19. The van der Waals surface area contributed by atoms with Crippen LogP contribution in [0.4, 0.5) is 5.69 Å². The molecule has 0 saturated heterocycles. The molecular weight excluding hydrogens is 262 g/mol. The second-order valence-corrected chi connectivity index (χ2v) is 4.33. The van der Waals surface area contributed by atoms with Gasteiger partial charge in [0.1, 0.15) is 6.54 Å². The van der Waals surface area contributed by atoms with Crippen molar-refractivity contribution >= 4 is 11.7 Å². The number of ether oxygens (including phenoxy) is 1. The molecular formula is C13H19N3O4. The average Bonchev–Trinajstić information content (AvgIpc) is 2.46. The summed E-state index contributed by atoms with van der Waals surface area (Å²) in [6.07, 6.45) is 0.834. The van der Waals surface area contributed by atoms with E-state index in [-0.39, 0.29) is 25.5 Å². The fourth-order valence-corrected chi connectivity index (χ4v) is 1.79. The van der Waals surface area contributed by atoms with E-state index in [1.54, 1.807) is 18.2 Å². The number of carbonyl (C=O) groups is 1. The average molecular weight is 281 g/mol. The molecule has 0 amide bonds. The third kappa shape index (κ3) is 4.94. The number of carbonyl (C=O) groups excluding carboxylic acids is 1. The molecule has 0 radical (unpaired) electrons. The number of methoxy groups -OCH3 is 1. The second-order valence-electron chi connectivity index (χ2n) is 4.33. The first-order valence-corrected chi connectivity index (χ1v) is 6.22. The van der Waals surface area contributed by atoms with Crippen molar-refractivity contribution in [2.24, 2.45) is 11.0 Å². The zero-order chi connectivity index (χ0) is 15.0. The van der Waals surface area contributed by atoms with Crippen LogP contribution < -0.4 is 10.9 Å². The van der Waals surface area contributed by atoms with Crippen molar-refractivity contribution in [2.45, 2.75) is 26.0 Å². The van der Waals surface area contributed by atoms with Crippen LogP contribution in [0.15, 0.2) is 23.4 Å². The molecule has 110 valence electrons. The molecule has 0 bridgehead atoms. The lowest BCUT2D eigenvalue weighted by Gasteiger charge is -2.20. The standard InChI is InChI=1S/C13H19N3O4/c1-20-13(18)3-2-4-16(14)12-6-10(8-15-19)5-11(7-12)9-17/h5-7,17H,2-4,8-9,14H2,1H3. The van der Waals surface area contributed by atoms with Gasteiger partial charge in [-0.1, -0.05) is 11.2 Å². The molecule has 0 atom stereocenters. The SMILES string of the molecule is COC(=O)CCCN(N)c1cc(CO)cc(CN=O)c1. The Balaban J connectivity index is 2.70. The number of hydrogen-bond acceptors (Lipinski definition) is 7. The summed E-state index contributed by atoms with van der Waals surface area (Å²) in [7, 11) is 1.34. The molecule has 1 aromatic carbocycles. The molecule has 7 heteroatoms. The highest BCUT2D eigenvalue weighted by atomic mass is 16.5. The number of anilines is 1. The van der Waals surface area contributed by atoms with Crippen LogP contribution in [0.25, 0.3) is 0 Å². The van der Waals surface area contributed by atoms with Crippen molar-refractivity contribution in [2.75, 3.05) is 18.7 Å². The Morgan fingerprint density at radius 1 is 1.40 bits per heavy atom. The van der Waals surface area contributed by atoms with E-state index in [4.69, 9.17) is 5.84 Å². The van der Waals surface area contributed by atoms with Gasteiger partial charge in [0.2, 0.25) is 0 Å². The van der Waals surface area contributed by atoms with Crippen LogP contribution in [0.5, 0.6) is 0 Å². The van der Waals surface area contributed by atoms with Gasteiger partial charge in [-0.05, 0) is 29.7 Å². The third-order valence-corrected chi connectivity index (χ3v) is 2.81. The normalized spacial score (nSPS) is 10.2. The number of nitrogens with two attached hydrogens (primary N) is 1. The molecule has 0 aliphatic carbocycles. The summed E-state index contributed by atoms with van der Waals surface area (Å²) in [5, 5.41) is 13.5. The molecule has 3 N–H and O–H groups in total. The first-order chi connectivity index (χ1) is 9.60. The number of nitrogens with zero attached hydrogens (tertiary/aromatic N) is 2. The number of hydrogen-bond donors (Lipinski definition) is 2. The van der Waals surface area contributed by atoms with Crippen molar-refractivity contribution in [3.05, 3.63) is 34.2 Å². The van der Waals surface area contributed by atoms with Crippen LogP contribution in [0.2, 0.25) is 0 Å². The van der Waals surface area contributed by atoms with E-state index in [2.05, 4.69) is 9.91 Å². The summed E-state index contributed by atoms with van der Waals surface area (Å²) in [6.45, 7) is 0.338. The Bertz CT molecular complexity index is 465. The van der Waals surface area contributed by atoms with E-state index in [0.29, 0.717) is 29.8 Å². The van der Waals surface area contributed by atoms with Crippen molar-refractivity contribution < 1.29 is 14.6 Å². The van der Waals surface area contributed by atoms with Crippen LogP contribution in [0, 0.1) is 4.91 Å². The molecule has 20 heavy (non-hydrogen) atoms. The van der Waals surface area contributed by atoms with Gasteiger partial charge in [0, 0.05) is 13.0 Å². The number of rotatable bonds is 8. The minimum absolute atomic E-state index is 0.0246. The predicted molar refractivity (Wildman–Crippen MR) is 74.6 cm³/mol. The Morgan fingerprint density at radius 2 is 2.10 bits per heavy atom. The summed E-state index contributed by atoms with van der Waals surface area (Å²) in [4.78, 5) is 21.3.